The lowest BCUT2D eigenvalue weighted by Gasteiger charge is -2.14. The van der Waals surface area contributed by atoms with Gasteiger partial charge in [-0.1, -0.05) is 139 Å². The SMILES string of the molecule is BrC(Br)CCCCCCc1ccc2ccccc2c1CCCCCCC(Br)Br. The van der Waals surface area contributed by atoms with Gasteiger partial charge in [-0.2, -0.15) is 0 Å². The number of benzene rings is 2. The van der Waals surface area contributed by atoms with Gasteiger partial charge in [0.25, 0.3) is 0 Å². The van der Waals surface area contributed by atoms with Crippen molar-refractivity contribution >= 4 is 74.5 Å². The van der Waals surface area contributed by atoms with Gasteiger partial charge in [0, 0.05) is 0 Å². The third-order valence-corrected chi connectivity index (χ3v) is 7.19. The molecule has 0 aliphatic carbocycles. The van der Waals surface area contributed by atoms with Crippen LogP contribution in [0.4, 0.5) is 0 Å². The molecule has 0 unspecified atom stereocenters. The van der Waals surface area contributed by atoms with E-state index < -0.39 is 0 Å². The number of unbranched alkanes of at least 4 members (excludes halogenated alkanes) is 6. The highest BCUT2D eigenvalue weighted by molar-refractivity contribution is 9.25. The van der Waals surface area contributed by atoms with Gasteiger partial charge in [0.2, 0.25) is 0 Å². The summed E-state index contributed by atoms with van der Waals surface area (Å²) in [5.41, 5.74) is 3.19. The molecule has 0 aromatic heterocycles. The molecule has 156 valence electrons. The minimum atomic E-state index is 0.472. The molecule has 2 aromatic rings. The highest BCUT2D eigenvalue weighted by Crippen LogP contribution is 2.27. The first kappa shape index (κ1) is 24.9. The van der Waals surface area contributed by atoms with Gasteiger partial charge >= 0.3 is 0 Å². The number of rotatable bonds is 14. The Morgan fingerprint density at radius 1 is 0.571 bits per heavy atom. The fraction of sp³-hybridized carbons (Fsp3) is 0.583. The number of halogens is 4. The van der Waals surface area contributed by atoms with Crippen LogP contribution in [0.3, 0.4) is 0 Å². The molecular weight excluding hydrogens is 608 g/mol. The molecule has 2 aromatic carbocycles. The van der Waals surface area contributed by atoms with E-state index in [-0.39, 0.29) is 0 Å². The van der Waals surface area contributed by atoms with Crippen LogP contribution >= 0.6 is 63.7 Å². The summed E-state index contributed by atoms with van der Waals surface area (Å²) in [6, 6.07) is 13.6. The molecule has 0 nitrogen and oxygen atoms in total. The number of hydrogen-bond acceptors (Lipinski definition) is 0. The first-order valence-corrected chi connectivity index (χ1v) is 14.3. The average Bonchev–Trinajstić information content (AvgIpc) is 2.67. The predicted molar refractivity (Wildman–Crippen MR) is 141 cm³/mol. The van der Waals surface area contributed by atoms with Gasteiger partial charge in [-0.3, -0.25) is 0 Å². The third-order valence-electron chi connectivity index (χ3n) is 5.36. The second-order valence-corrected chi connectivity index (χ2v) is 14.5. The van der Waals surface area contributed by atoms with E-state index in [0.29, 0.717) is 7.47 Å². The molecule has 0 aliphatic heterocycles. The van der Waals surface area contributed by atoms with Crippen molar-refractivity contribution in [3.8, 4) is 0 Å². The summed E-state index contributed by atoms with van der Waals surface area (Å²) in [5, 5.41) is 2.87. The normalized spacial score (nSPS) is 11.8. The van der Waals surface area contributed by atoms with Crippen molar-refractivity contribution in [2.24, 2.45) is 0 Å². The number of fused-ring (bicyclic) bond motifs is 1. The maximum Gasteiger partial charge on any atom is 0.0697 e. The second kappa shape index (κ2) is 14.6. The lowest BCUT2D eigenvalue weighted by molar-refractivity contribution is 0.621. The topological polar surface area (TPSA) is 0 Å². The first-order valence-electron chi connectivity index (χ1n) is 10.6. The van der Waals surface area contributed by atoms with Gasteiger partial charge in [0.15, 0.2) is 0 Å². The van der Waals surface area contributed by atoms with E-state index in [1.165, 1.54) is 87.8 Å². The lowest BCUT2D eigenvalue weighted by atomic mass is 9.91. The number of aryl methyl sites for hydroxylation is 2. The van der Waals surface area contributed by atoms with Crippen molar-refractivity contribution in [3.05, 3.63) is 47.5 Å². The average molecular weight is 640 g/mol. The fourth-order valence-corrected chi connectivity index (χ4v) is 5.13. The summed E-state index contributed by atoms with van der Waals surface area (Å²) in [5.74, 6) is 0. The van der Waals surface area contributed by atoms with Crippen molar-refractivity contribution in [2.75, 3.05) is 0 Å². The van der Waals surface area contributed by atoms with E-state index in [2.05, 4.69) is 100 Å². The van der Waals surface area contributed by atoms with Crippen LogP contribution in [-0.2, 0) is 12.8 Å². The van der Waals surface area contributed by atoms with E-state index in [1.807, 2.05) is 0 Å². The molecule has 0 spiro atoms. The smallest absolute Gasteiger partial charge is 0.0697 e. The molecule has 28 heavy (non-hydrogen) atoms. The molecule has 0 fully saturated rings. The fourth-order valence-electron chi connectivity index (χ4n) is 3.83. The van der Waals surface area contributed by atoms with Crippen molar-refractivity contribution in [2.45, 2.75) is 84.5 Å². The largest absolute Gasteiger partial charge is 0.0765 e. The van der Waals surface area contributed by atoms with E-state index in [1.54, 1.807) is 11.1 Å². The summed E-state index contributed by atoms with van der Waals surface area (Å²) < 4.78 is 0.946. The van der Waals surface area contributed by atoms with Crippen LogP contribution in [0.5, 0.6) is 0 Å². The second-order valence-electron chi connectivity index (χ2n) is 7.61. The van der Waals surface area contributed by atoms with E-state index >= 15 is 0 Å². The van der Waals surface area contributed by atoms with Crippen molar-refractivity contribution in [3.63, 3.8) is 0 Å². The Morgan fingerprint density at radius 3 is 1.79 bits per heavy atom. The molecule has 0 N–H and O–H groups in total. The molecule has 0 atom stereocenters. The van der Waals surface area contributed by atoms with Gasteiger partial charge in [0.1, 0.15) is 0 Å². The molecule has 0 heterocycles. The van der Waals surface area contributed by atoms with Gasteiger partial charge in [0.05, 0.1) is 7.47 Å². The Hall–Kier alpha value is 0.620. The minimum absolute atomic E-state index is 0.472. The third kappa shape index (κ3) is 9.62. The van der Waals surface area contributed by atoms with E-state index in [4.69, 9.17) is 0 Å². The molecule has 2 rings (SSSR count). The van der Waals surface area contributed by atoms with Crippen molar-refractivity contribution in [1.82, 2.24) is 0 Å². The Labute approximate surface area is 205 Å². The zero-order valence-corrected chi connectivity index (χ0v) is 23.0. The van der Waals surface area contributed by atoms with Gasteiger partial charge in [-0.05, 0) is 60.4 Å². The minimum Gasteiger partial charge on any atom is -0.0765 e. The Morgan fingerprint density at radius 2 is 1.14 bits per heavy atom. The van der Waals surface area contributed by atoms with Crippen LogP contribution < -0.4 is 0 Å². The standard InChI is InChI=1S/C24H32Br4/c25-23(26)15-7-3-1-5-11-19-17-18-20-12-9-10-14-22(20)21(19)13-6-2-4-8-16-24(27)28/h9-10,12,14,17-18,23-24H,1-8,11,13,15-16H2. The number of hydrogen-bond donors (Lipinski definition) is 0. The summed E-state index contributed by atoms with van der Waals surface area (Å²) in [6.07, 6.45) is 15.4. The Kier molecular flexibility index (Phi) is 13.0. The van der Waals surface area contributed by atoms with Crippen LogP contribution in [0.15, 0.2) is 36.4 Å². The zero-order valence-electron chi connectivity index (χ0n) is 16.6. The molecule has 0 saturated heterocycles. The van der Waals surface area contributed by atoms with E-state index in [0.717, 1.165) is 0 Å². The van der Waals surface area contributed by atoms with Crippen LogP contribution in [0.25, 0.3) is 10.8 Å². The monoisotopic (exact) mass is 636 g/mol. The summed E-state index contributed by atoms with van der Waals surface area (Å²) >= 11 is 14.3. The van der Waals surface area contributed by atoms with E-state index in [9.17, 15) is 0 Å². The van der Waals surface area contributed by atoms with Crippen LogP contribution in [-0.4, -0.2) is 7.47 Å². The Balaban J connectivity index is 1.89. The van der Waals surface area contributed by atoms with Gasteiger partial charge in [-0.25, -0.2) is 0 Å². The molecule has 0 radical (unpaired) electrons. The molecule has 0 aliphatic rings. The zero-order chi connectivity index (χ0) is 20.2. The highest BCUT2D eigenvalue weighted by Gasteiger charge is 2.08. The summed E-state index contributed by atoms with van der Waals surface area (Å²) in [6.45, 7) is 0. The first-order chi connectivity index (χ1) is 13.6. The maximum absolute atomic E-state index is 3.58. The van der Waals surface area contributed by atoms with Crippen LogP contribution in [0.2, 0.25) is 0 Å². The summed E-state index contributed by atoms with van der Waals surface area (Å²) in [7, 11) is 0. The molecule has 0 saturated carbocycles. The lowest BCUT2D eigenvalue weighted by Crippen LogP contribution is -1.98. The van der Waals surface area contributed by atoms with Gasteiger partial charge < -0.3 is 0 Å². The van der Waals surface area contributed by atoms with Crippen LogP contribution in [0, 0.1) is 0 Å². The Bertz CT molecular complexity index is 681. The van der Waals surface area contributed by atoms with Crippen molar-refractivity contribution in [1.29, 1.82) is 0 Å². The van der Waals surface area contributed by atoms with Crippen molar-refractivity contribution < 1.29 is 0 Å². The highest BCUT2D eigenvalue weighted by atomic mass is 79.9. The van der Waals surface area contributed by atoms with Crippen LogP contribution in [0.1, 0.15) is 75.3 Å². The molecule has 0 bridgehead atoms. The predicted octanol–water partition coefficient (Wildman–Crippen LogP) is 10.1. The number of alkyl halides is 4. The van der Waals surface area contributed by atoms with Gasteiger partial charge in [-0.15, -0.1) is 0 Å². The maximum atomic E-state index is 3.58. The molecule has 4 heteroatoms. The molecular formula is C24H32Br4. The molecule has 0 amide bonds. The summed E-state index contributed by atoms with van der Waals surface area (Å²) in [4.78, 5) is 0. The quantitative estimate of drug-likeness (QED) is 0.143.